The lowest BCUT2D eigenvalue weighted by Crippen LogP contribution is -2.46. The molecule has 3 aliphatic rings. The van der Waals surface area contributed by atoms with Gasteiger partial charge in [-0.25, -0.2) is 9.79 Å². The Kier molecular flexibility index (Phi) is 1.50. The molecule has 0 fully saturated rings. The normalized spacial score (nSPS) is 33.6. The van der Waals surface area contributed by atoms with Gasteiger partial charge in [-0.3, -0.25) is 4.90 Å². The molecule has 72 valence electrons. The van der Waals surface area contributed by atoms with E-state index in [1.807, 2.05) is 0 Å². The van der Waals surface area contributed by atoms with Crippen molar-refractivity contribution in [1.82, 2.24) is 4.90 Å². The van der Waals surface area contributed by atoms with E-state index in [4.69, 9.17) is 4.74 Å². The van der Waals surface area contributed by atoms with Gasteiger partial charge in [0.2, 0.25) is 0 Å². The molecule has 2 unspecified atom stereocenters. The fourth-order valence-corrected chi connectivity index (χ4v) is 2.12. The molecule has 0 N–H and O–H groups in total. The van der Waals surface area contributed by atoms with E-state index in [2.05, 4.69) is 17.1 Å². The molecule has 2 heterocycles. The maximum Gasteiger partial charge on any atom is 0.350 e. The largest absolute Gasteiger partial charge is 0.475 e. The molecule has 0 saturated carbocycles. The minimum atomic E-state index is -0.203. The number of allylic oxidation sites excluding steroid dienone is 2. The van der Waals surface area contributed by atoms with Crippen molar-refractivity contribution in [2.75, 3.05) is 0 Å². The molecule has 2 aliphatic heterocycles. The van der Waals surface area contributed by atoms with E-state index in [1.165, 1.54) is 0 Å². The summed E-state index contributed by atoms with van der Waals surface area (Å²) >= 11 is 0. The quantitative estimate of drug-likeness (QED) is 0.545. The van der Waals surface area contributed by atoms with Crippen LogP contribution in [0.1, 0.15) is 12.8 Å². The third-order valence-corrected chi connectivity index (χ3v) is 2.83. The molecule has 0 aromatic carbocycles. The highest BCUT2D eigenvalue weighted by Crippen LogP contribution is 2.31. The molecule has 0 saturated heterocycles. The maximum atomic E-state index is 11.5. The van der Waals surface area contributed by atoms with Gasteiger partial charge >= 0.3 is 6.03 Å². The highest BCUT2D eigenvalue weighted by Gasteiger charge is 2.40. The zero-order valence-corrected chi connectivity index (χ0v) is 7.59. The first-order valence-electron chi connectivity index (χ1n) is 4.73. The molecule has 0 aromatic heterocycles. The number of rotatable bonds is 0. The number of fused-ring (bicyclic) bond motifs is 3. The van der Waals surface area contributed by atoms with Crippen LogP contribution in [0, 0.1) is 5.92 Å². The van der Waals surface area contributed by atoms with Crippen molar-refractivity contribution in [3.8, 4) is 0 Å². The monoisotopic (exact) mass is 190 g/mol. The molecule has 0 spiro atoms. The molecule has 14 heavy (non-hydrogen) atoms. The van der Waals surface area contributed by atoms with Gasteiger partial charge in [-0.1, -0.05) is 12.2 Å². The summed E-state index contributed by atoms with van der Waals surface area (Å²) in [5.41, 5.74) is 0.961. The Hall–Kier alpha value is -1.58. The number of nitrogens with zero attached hydrogens (tertiary/aromatic N) is 2. The average Bonchev–Trinajstić information content (AvgIpc) is 2.67. The Bertz CT molecular complexity index is 370. The number of carbonyl (C=O) groups is 1. The Morgan fingerprint density at radius 1 is 1.50 bits per heavy atom. The van der Waals surface area contributed by atoms with Crippen molar-refractivity contribution >= 4 is 11.7 Å². The van der Waals surface area contributed by atoms with Crippen LogP contribution in [0.4, 0.5) is 4.79 Å². The van der Waals surface area contributed by atoms with Crippen molar-refractivity contribution in [1.29, 1.82) is 0 Å². The third kappa shape index (κ3) is 0.937. The Morgan fingerprint density at radius 3 is 3.36 bits per heavy atom. The number of carbonyl (C=O) groups excluding carboxylic acids is 1. The number of ether oxygens (including phenoxy) is 1. The summed E-state index contributed by atoms with van der Waals surface area (Å²) in [4.78, 5) is 17.1. The first-order valence-corrected chi connectivity index (χ1v) is 4.73. The number of amides is 2. The zero-order chi connectivity index (χ0) is 9.54. The van der Waals surface area contributed by atoms with Crippen LogP contribution in [0.25, 0.3) is 0 Å². The van der Waals surface area contributed by atoms with Crippen LogP contribution in [0.15, 0.2) is 29.6 Å². The summed E-state index contributed by atoms with van der Waals surface area (Å²) in [6.07, 6.45) is 8.95. The Balaban J connectivity index is 2.01. The van der Waals surface area contributed by atoms with E-state index in [9.17, 15) is 4.79 Å². The van der Waals surface area contributed by atoms with E-state index >= 15 is 0 Å². The second-order valence-electron chi connectivity index (χ2n) is 3.62. The van der Waals surface area contributed by atoms with Crippen LogP contribution in [0.2, 0.25) is 0 Å². The highest BCUT2D eigenvalue weighted by atomic mass is 16.5. The van der Waals surface area contributed by atoms with Gasteiger partial charge in [-0.15, -0.1) is 0 Å². The van der Waals surface area contributed by atoms with Gasteiger partial charge in [0.1, 0.15) is 6.26 Å². The molecule has 0 aromatic rings. The van der Waals surface area contributed by atoms with E-state index in [1.54, 1.807) is 17.4 Å². The van der Waals surface area contributed by atoms with E-state index in [0.717, 1.165) is 18.6 Å². The Labute approximate surface area is 81.6 Å². The summed E-state index contributed by atoms with van der Waals surface area (Å²) in [6.45, 7) is 0. The van der Waals surface area contributed by atoms with Crippen molar-refractivity contribution in [3.05, 3.63) is 24.6 Å². The topological polar surface area (TPSA) is 41.9 Å². The van der Waals surface area contributed by atoms with Crippen LogP contribution in [0.5, 0.6) is 0 Å². The SMILES string of the molecule is O=C1N=C2CC=CCC2C2OC=CN12. The molecule has 0 radical (unpaired) electrons. The second kappa shape index (κ2) is 2.70. The summed E-state index contributed by atoms with van der Waals surface area (Å²) < 4.78 is 5.41. The molecule has 4 heteroatoms. The van der Waals surface area contributed by atoms with Crippen LogP contribution in [-0.4, -0.2) is 22.9 Å². The van der Waals surface area contributed by atoms with E-state index < -0.39 is 0 Å². The summed E-state index contributed by atoms with van der Waals surface area (Å²) in [5, 5.41) is 0. The predicted molar refractivity (Wildman–Crippen MR) is 50.5 cm³/mol. The van der Waals surface area contributed by atoms with Gasteiger partial charge in [-0.05, 0) is 6.42 Å². The number of hydrogen-bond donors (Lipinski definition) is 0. The number of aliphatic imine (C=N–C) groups is 1. The maximum absolute atomic E-state index is 11.5. The lowest BCUT2D eigenvalue weighted by Gasteiger charge is -2.34. The minimum absolute atomic E-state index is 0.153. The van der Waals surface area contributed by atoms with Crippen molar-refractivity contribution < 1.29 is 9.53 Å². The standard InChI is InChI=1S/C10H10N2O2/c13-10-11-8-4-2-1-3-7(8)9-12(10)5-6-14-9/h1-2,5-7,9H,3-4H2. The highest BCUT2D eigenvalue weighted by molar-refractivity contribution is 6.00. The van der Waals surface area contributed by atoms with Crippen LogP contribution in [-0.2, 0) is 4.74 Å². The van der Waals surface area contributed by atoms with Gasteiger partial charge in [0.05, 0.1) is 5.92 Å². The summed E-state index contributed by atoms with van der Waals surface area (Å²) in [6, 6.07) is -0.203. The number of hydrogen-bond acceptors (Lipinski definition) is 2. The number of urea groups is 1. The van der Waals surface area contributed by atoms with Gasteiger partial charge in [-0.2, -0.15) is 0 Å². The first kappa shape index (κ1) is 7.79. The third-order valence-electron chi connectivity index (χ3n) is 2.83. The molecule has 1 aliphatic carbocycles. The zero-order valence-electron chi connectivity index (χ0n) is 7.59. The molecule has 2 atom stereocenters. The smallest absolute Gasteiger partial charge is 0.350 e. The van der Waals surface area contributed by atoms with Gasteiger partial charge in [0.15, 0.2) is 6.23 Å². The molecule has 2 amide bonds. The molecule has 0 bridgehead atoms. The first-order chi connectivity index (χ1) is 6.86. The van der Waals surface area contributed by atoms with Gasteiger partial charge in [0, 0.05) is 18.3 Å². The van der Waals surface area contributed by atoms with Gasteiger partial charge in [0.25, 0.3) is 0 Å². The lowest BCUT2D eigenvalue weighted by atomic mass is 9.89. The summed E-state index contributed by atoms with van der Waals surface area (Å²) in [7, 11) is 0. The Morgan fingerprint density at radius 2 is 2.43 bits per heavy atom. The van der Waals surface area contributed by atoms with Crippen molar-refractivity contribution in [2.24, 2.45) is 10.9 Å². The average molecular weight is 190 g/mol. The molecular formula is C10H10N2O2. The fraction of sp³-hybridized carbons (Fsp3) is 0.400. The predicted octanol–water partition coefficient (Wildman–Crippen LogP) is 1.66. The molecule has 3 rings (SSSR count). The van der Waals surface area contributed by atoms with Crippen LogP contribution in [0.3, 0.4) is 0 Å². The van der Waals surface area contributed by atoms with Crippen LogP contribution < -0.4 is 0 Å². The molecule has 4 nitrogen and oxygen atoms in total. The van der Waals surface area contributed by atoms with Crippen LogP contribution >= 0.6 is 0 Å². The van der Waals surface area contributed by atoms with E-state index in [-0.39, 0.29) is 18.2 Å². The van der Waals surface area contributed by atoms with Crippen molar-refractivity contribution in [3.63, 3.8) is 0 Å². The second-order valence-corrected chi connectivity index (χ2v) is 3.62. The molecular weight excluding hydrogens is 180 g/mol. The lowest BCUT2D eigenvalue weighted by molar-refractivity contribution is 0.0447. The van der Waals surface area contributed by atoms with Gasteiger partial charge < -0.3 is 4.74 Å². The van der Waals surface area contributed by atoms with Crippen molar-refractivity contribution in [2.45, 2.75) is 19.1 Å². The van der Waals surface area contributed by atoms with E-state index in [0.29, 0.717) is 0 Å². The summed E-state index contributed by atoms with van der Waals surface area (Å²) in [5.74, 6) is 0.243. The minimum Gasteiger partial charge on any atom is -0.475 e. The fourth-order valence-electron chi connectivity index (χ4n) is 2.12.